The van der Waals surface area contributed by atoms with Crippen molar-refractivity contribution in [2.24, 2.45) is 11.7 Å². The van der Waals surface area contributed by atoms with E-state index in [1.54, 1.807) is 4.68 Å². The summed E-state index contributed by atoms with van der Waals surface area (Å²) >= 11 is 0. The Morgan fingerprint density at radius 3 is 2.46 bits per heavy atom. The maximum absolute atomic E-state index is 12.8. The maximum Gasteiger partial charge on any atom is 0.257 e. The van der Waals surface area contributed by atoms with Gasteiger partial charge in [0.05, 0.1) is 16.9 Å². The first-order chi connectivity index (χ1) is 11.1. The molecule has 3 rings (SSSR count). The minimum Gasteiger partial charge on any atom is -0.339 e. The molecule has 1 unspecified atom stereocenters. The minimum absolute atomic E-state index is 0. The summed E-state index contributed by atoms with van der Waals surface area (Å²) in [4.78, 5) is 14.7. The van der Waals surface area contributed by atoms with Gasteiger partial charge in [-0.1, -0.05) is 18.2 Å². The molecule has 2 N–H and O–H groups in total. The van der Waals surface area contributed by atoms with Crippen LogP contribution < -0.4 is 5.73 Å². The number of benzene rings is 1. The summed E-state index contributed by atoms with van der Waals surface area (Å²) in [6.45, 7) is 5.50. The molecule has 0 radical (unpaired) electrons. The van der Waals surface area contributed by atoms with E-state index in [2.05, 4.69) is 12.0 Å². The van der Waals surface area contributed by atoms with Crippen LogP contribution in [-0.2, 0) is 0 Å². The number of amides is 1. The van der Waals surface area contributed by atoms with Crippen LogP contribution in [0.2, 0.25) is 0 Å². The largest absolute Gasteiger partial charge is 0.339 e. The van der Waals surface area contributed by atoms with Crippen molar-refractivity contribution < 1.29 is 4.79 Å². The summed E-state index contributed by atoms with van der Waals surface area (Å²) in [7, 11) is 0. The molecule has 6 heteroatoms. The van der Waals surface area contributed by atoms with Crippen LogP contribution in [0.25, 0.3) is 5.69 Å². The number of nitrogens with zero attached hydrogens (tertiary/aromatic N) is 3. The molecule has 130 valence electrons. The number of aromatic nitrogens is 2. The zero-order valence-electron chi connectivity index (χ0n) is 14.2. The van der Waals surface area contributed by atoms with Crippen molar-refractivity contribution in [1.82, 2.24) is 14.7 Å². The number of likely N-dealkylation sites (tertiary alicyclic amines) is 1. The number of hydrogen-bond acceptors (Lipinski definition) is 3. The summed E-state index contributed by atoms with van der Waals surface area (Å²) in [6, 6.07) is 10.1. The predicted molar refractivity (Wildman–Crippen MR) is 97.8 cm³/mol. The molecular weight excluding hydrogens is 324 g/mol. The Morgan fingerprint density at radius 2 is 1.88 bits per heavy atom. The zero-order chi connectivity index (χ0) is 16.4. The highest BCUT2D eigenvalue weighted by atomic mass is 35.5. The third-order valence-electron chi connectivity index (χ3n) is 4.72. The molecule has 1 aromatic heterocycles. The number of nitrogens with two attached hydrogens (primary N) is 1. The van der Waals surface area contributed by atoms with E-state index in [1.807, 2.05) is 48.4 Å². The molecule has 1 aliphatic heterocycles. The van der Waals surface area contributed by atoms with Gasteiger partial charge >= 0.3 is 0 Å². The number of halogens is 1. The molecule has 1 aromatic carbocycles. The van der Waals surface area contributed by atoms with Crippen LogP contribution in [0, 0.1) is 12.8 Å². The molecule has 1 atom stereocenters. The van der Waals surface area contributed by atoms with E-state index in [0.29, 0.717) is 11.5 Å². The molecular formula is C18H25ClN4O. The standard InChI is InChI=1S/C18H24N4O.ClH/c1-13(19)15-8-10-21(11-9-15)18(23)17-12-22(20-14(17)2)16-6-4-3-5-7-16;/h3-7,12-13,15H,8-11,19H2,1-2H3;1H. The van der Waals surface area contributed by atoms with Crippen molar-refractivity contribution in [1.29, 1.82) is 0 Å². The molecule has 0 spiro atoms. The molecule has 5 nitrogen and oxygen atoms in total. The van der Waals surface area contributed by atoms with Gasteiger partial charge in [0.2, 0.25) is 0 Å². The first kappa shape index (κ1) is 18.5. The first-order valence-electron chi connectivity index (χ1n) is 8.23. The Hall–Kier alpha value is -1.85. The number of carbonyl (C=O) groups excluding carboxylic acids is 1. The fourth-order valence-corrected chi connectivity index (χ4v) is 3.18. The highest BCUT2D eigenvalue weighted by Crippen LogP contribution is 2.22. The monoisotopic (exact) mass is 348 g/mol. The lowest BCUT2D eigenvalue weighted by molar-refractivity contribution is 0.0680. The zero-order valence-corrected chi connectivity index (χ0v) is 15.0. The molecule has 2 aromatic rings. The van der Waals surface area contributed by atoms with E-state index in [-0.39, 0.29) is 24.4 Å². The second kappa shape index (κ2) is 7.81. The van der Waals surface area contributed by atoms with Crippen molar-refractivity contribution in [3.63, 3.8) is 0 Å². The maximum atomic E-state index is 12.8. The Morgan fingerprint density at radius 1 is 1.25 bits per heavy atom. The number of rotatable bonds is 3. The van der Waals surface area contributed by atoms with E-state index in [4.69, 9.17) is 5.73 Å². The highest BCUT2D eigenvalue weighted by molar-refractivity contribution is 5.95. The van der Waals surface area contributed by atoms with Crippen LogP contribution in [0.4, 0.5) is 0 Å². The van der Waals surface area contributed by atoms with Crippen LogP contribution in [0.5, 0.6) is 0 Å². The van der Waals surface area contributed by atoms with Gasteiger partial charge in [-0.15, -0.1) is 12.4 Å². The number of aryl methyl sites for hydroxylation is 1. The lowest BCUT2D eigenvalue weighted by Gasteiger charge is -2.33. The van der Waals surface area contributed by atoms with Gasteiger partial charge in [0, 0.05) is 25.3 Å². The van der Waals surface area contributed by atoms with Gasteiger partial charge in [-0.2, -0.15) is 5.10 Å². The molecule has 1 saturated heterocycles. The van der Waals surface area contributed by atoms with Gasteiger partial charge in [0.25, 0.3) is 5.91 Å². The second-order valence-corrected chi connectivity index (χ2v) is 6.40. The van der Waals surface area contributed by atoms with Gasteiger partial charge in [-0.25, -0.2) is 4.68 Å². The van der Waals surface area contributed by atoms with Crippen LogP contribution in [0.3, 0.4) is 0 Å². The molecule has 1 amide bonds. The molecule has 24 heavy (non-hydrogen) atoms. The summed E-state index contributed by atoms with van der Waals surface area (Å²) in [5.41, 5.74) is 8.40. The number of piperidine rings is 1. The second-order valence-electron chi connectivity index (χ2n) is 6.40. The van der Waals surface area contributed by atoms with Crippen LogP contribution >= 0.6 is 12.4 Å². The molecule has 0 saturated carbocycles. The van der Waals surface area contributed by atoms with E-state index < -0.39 is 0 Å². The summed E-state index contributed by atoms with van der Waals surface area (Å²) in [6.07, 6.45) is 3.80. The Balaban J connectivity index is 0.00000208. The number of para-hydroxylation sites is 1. The predicted octanol–water partition coefficient (Wildman–Crippen LogP) is 2.80. The van der Waals surface area contributed by atoms with Crippen molar-refractivity contribution in [3.8, 4) is 5.69 Å². The van der Waals surface area contributed by atoms with E-state index in [0.717, 1.165) is 37.3 Å². The van der Waals surface area contributed by atoms with Crippen LogP contribution in [-0.4, -0.2) is 39.7 Å². The third kappa shape index (κ3) is 3.79. The van der Waals surface area contributed by atoms with E-state index in [9.17, 15) is 4.79 Å². The Bertz CT molecular complexity index is 676. The molecule has 0 aliphatic carbocycles. The topological polar surface area (TPSA) is 64.2 Å². The summed E-state index contributed by atoms with van der Waals surface area (Å²) < 4.78 is 1.78. The van der Waals surface area contributed by atoms with E-state index in [1.165, 1.54) is 0 Å². The lowest BCUT2D eigenvalue weighted by atomic mass is 9.91. The highest BCUT2D eigenvalue weighted by Gasteiger charge is 2.27. The molecule has 2 heterocycles. The van der Waals surface area contributed by atoms with Gasteiger partial charge < -0.3 is 10.6 Å². The average molecular weight is 349 g/mol. The normalized spacial score (nSPS) is 16.5. The summed E-state index contributed by atoms with van der Waals surface area (Å²) in [5.74, 6) is 0.597. The third-order valence-corrected chi connectivity index (χ3v) is 4.72. The van der Waals surface area contributed by atoms with Gasteiger partial charge in [0.1, 0.15) is 0 Å². The number of hydrogen-bond donors (Lipinski definition) is 1. The fraction of sp³-hybridized carbons (Fsp3) is 0.444. The Labute approximate surface area is 149 Å². The fourth-order valence-electron chi connectivity index (χ4n) is 3.18. The van der Waals surface area contributed by atoms with Gasteiger partial charge in [0.15, 0.2) is 0 Å². The lowest BCUT2D eigenvalue weighted by Crippen LogP contribution is -2.42. The minimum atomic E-state index is 0. The first-order valence-corrected chi connectivity index (χ1v) is 8.23. The number of carbonyl (C=O) groups is 1. The van der Waals surface area contributed by atoms with Crippen molar-refractivity contribution in [3.05, 3.63) is 47.8 Å². The van der Waals surface area contributed by atoms with Crippen LogP contribution in [0.1, 0.15) is 35.8 Å². The average Bonchev–Trinajstić information content (AvgIpc) is 2.97. The van der Waals surface area contributed by atoms with Crippen molar-refractivity contribution in [2.45, 2.75) is 32.7 Å². The van der Waals surface area contributed by atoms with Crippen LogP contribution in [0.15, 0.2) is 36.5 Å². The summed E-state index contributed by atoms with van der Waals surface area (Å²) in [5, 5.41) is 4.49. The van der Waals surface area contributed by atoms with Gasteiger partial charge in [-0.3, -0.25) is 4.79 Å². The molecule has 0 bridgehead atoms. The van der Waals surface area contributed by atoms with Crippen molar-refractivity contribution in [2.75, 3.05) is 13.1 Å². The SMILES string of the molecule is Cc1nn(-c2ccccc2)cc1C(=O)N1CCC(C(C)N)CC1.Cl. The smallest absolute Gasteiger partial charge is 0.257 e. The Kier molecular flexibility index (Phi) is 6.02. The molecule has 1 fully saturated rings. The quantitative estimate of drug-likeness (QED) is 0.927. The molecule has 1 aliphatic rings. The van der Waals surface area contributed by atoms with Crippen molar-refractivity contribution >= 4 is 18.3 Å². The van der Waals surface area contributed by atoms with E-state index >= 15 is 0 Å². The van der Waals surface area contributed by atoms with Gasteiger partial charge in [-0.05, 0) is 44.7 Å².